The van der Waals surface area contributed by atoms with Gasteiger partial charge in [-0.3, -0.25) is 9.59 Å². The molecular formula is C24H32N2O4. The van der Waals surface area contributed by atoms with Gasteiger partial charge in [-0.15, -0.1) is 0 Å². The first kappa shape index (κ1) is 23.3. The molecular weight excluding hydrogens is 380 g/mol. The summed E-state index contributed by atoms with van der Waals surface area (Å²) in [5, 5.41) is 5.71. The van der Waals surface area contributed by atoms with E-state index in [-0.39, 0.29) is 36.7 Å². The molecule has 0 aromatic heterocycles. The summed E-state index contributed by atoms with van der Waals surface area (Å²) in [6, 6.07) is 14.9. The Bertz CT molecular complexity index is 821. The van der Waals surface area contributed by atoms with Gasteiger partial charge in [0.1, 0.15) is 0 Å². The molecule has 0 aliphatic rings. The molecule has 162 valence electrons. The lowest BCUT2D eigenvalue weighted by atomic mass is 9.95. The van der Waals surface area contributed by atoms with Crippen LogP contribution in [0.25, 0.3) is 0 Å². The van der Waals surface area contributed by atoms with Crippen LogP contribution in [0.1, 0.15) is 44.9 Å². The van der Waals surface area contributed by atoms with Crippen molar-refractivity contribution in [3.63, 3.8) is 0 Å². The second-order valence-electron chi connectivity index (χ2n) is 7.30. The van der Waals surface area contributed by atoms with Crippen LogP contribution in [0, 0.1) is 5.92 Å². The highest BCUT2D eigenvalue weighted by molar-refractivity contribution is 5.85. The number of amides is 2. The quantitative estimate of drug-likeness (QED) is 0.591. The third kappa shape index (κ3) is 7.10. The Balaban J connectivity index is 2.00. The van der Waals surface area contributed by atoms with Gasteiger partial charge in [-0.05, 0) is 43.0 Å². The summed E-state index contributed by atoms with van der Waals surface area (Å²) >= 11 is 0. The van der Waals surface area contributed by atoms with E-state index >= 15 is 0 Å². The monoisotopic (exact) mass is 412 g/mol. The van der Waals surface area contributed by atoms with Crippen LogP contribution in [-0.4, -0.2) is 31.6 Å². The number of benzene rings is 2. The SMILES string of the molecule is CCOc1ccc(C(NC(=O)CNC(=O)Cc2ccccc2)C(C)C)cc1OCC. The molecule has 2 aromatic carbocycles. The molecule has 30 heavy (non-hydrogen) atoms. The number of carbonyl (C=O) groups excluding carboxylic acids is 2. The van der Waals surface area contributed by atoms with E-state index in [9.17, 15) is 9.59 Å². The average Bonchev–Trinajstić information content (AvgIpc) is 2.73. The minimum Gasteiger partial charge on any atom is -0.490 e. The molecule has 2 aromatic rings. The van der Waals surface area contributed by atoms with Gasteiger partial charge in [0, 0.05) is 0 Å². The van der Waals surface area contributed by atoms with Gasteiger partial charge in [0.2, 0.25) is 11.8 Å². The Labute approximate surface area is 179 Å². The van der Waals surface area contributed by atoms with Crippen molar-refractivity contribution in [3.8, 4) is 11.5 Å². The Morgan fingerprint density at radius 3 is 2.20 bits per heavy atom. The van der Waals surface area contributed by atoms with E-state index in [0.717, 1.165) is 11.1 Å². The van der Waals surface area contributed by atoms with Crippen molar-refractivity contribution in [2.24, 2.45) is 5.92 Å². The van der Waals surface area contributed by atoms with Crippen molar-refractivity contribution in [1.82, 2.24) is 10.6 Å². The van der Waals surface area contributed by atoms with Crippen molar-refractivity contribution in [3.05, 3.63) is 59.7 Å². The first-order valence-corrected chi connectivity index (χ1v) is 10.4. The van der Waals surface area contributed by atoms with E-state index in [1.807, 2.05) is 76.2 Å². The zero-order valence-corrected chi connectivity index (χ0v) is 18.2. The minimum atomic E-state index is -0.234. The summed E-state index contributed by atoms with van der Waals surface area (Å²) in [5.74, 6) is 1.08. The maximum absolute atomic E-state index is 12.5. The molecule has 6 heteroatoms. The van der Waals surface area contributed by atoms with Gasteiger partial charge in [0.05, 0.1) is 32.2 Å². The maximum atomic E-state index is 12.5. The van der Waals surface area contributed by atoms with Gasteiger partial charge >= 0.3 is 0 Å². The molecule has 0 radical (unpaired) electrons. The summed E-state index contributed by atoms with van der Waals surface area (Å²) in [6.07, 6.45) is 0.248. The van der Waals surface area contributed by atoms with Crippen LogP contribution in [0.2, 0.25) is 0 Å². The van der Waals surface area contributed by atoms with Crippen molar-refractivity contribution in [1.29, 1.82) is 0 Å². The van der Waals surface area contributed by atoms with Crippen LogP contribution in [0.4, 0.5) is 0 Å². The molecule has 0 heterocycles. The average molecular weight is 413 g/mol. The molecule has 0 saturated heterocycles. The molecule has 0 bridgehead atoms. The normalized spacial score (nSPS) is 11.6. The number of nitrogens with one attached hydrogen (secondary N) is 2. The molecule has 2 rings (SSSR count). The first-order chi connectivity index (χ1) is 14.4. The van der Waals surface area contributed by atoms with Crippen molar-refractivity contribution in [2.45, 2.75) is 40.2 Å². The molecule has 0 saturated carbocycles. The molecule has 0 aliphatic heterocycles. The standard InChI is InChI=1S/C24H32N2O4/c1-5-29-20-13-12-19(15-21(20)30-6-2)24(17(3)4)26-23(28)16-25-22(27)14-18-10-8-7-9-11-18/h7-13,15,17,24H,5-6,14,16H2,1-4H3,(H,25,27)(H,26,28). The van der Waals surface area contributed by atoms with Gasteiger partial charge in [-0.25, -0.2) is 0 Å². The van der Waals surface area contributed by atoms with Crippen LogP contribution in [0.3, 0.4) is 0 Å². The zero-order valence-electron chi connectivity index (χ0n) is 18.2. The van der Waals surface area contributed by atoms with E-state index in [0.29, 0.717) is 24.7 Å². The molecule has 6 nitrogen and oxygen atoms in total. The Morgan fingerprint density at radius 2 is 1.57 bits per heavy atom. The lowest BCUT2D eigenvalue weighted by Gasteiger charge is -2.24. The van der Waals surface area contributed by atoms with Crippen LogP contribution in [0.5, 0.6) is 11.5 Å². The van der Waals surface area contributed by atoms with E-state index in [4.69, 9.17) is 9.47 Å². The van der Waals surface area contributed by atoms with Gasteiger partial charge in [-0.2, -0.15) is 0 Å². The molecule has 2 amide bonds. The summed E-state index contributed by atoms with van der Waals surface area (Å²) in [4.78, 5) is 24.6. The smallest absolute Gasteiger partial charge is 0.239 e. The Kier molecular flexibility index (Phi) is 9.19. The third-order valence-electron chi connectivity index (χ3n) is 4.56. The number of rotatable bonds is 11. The highest BCUT2D eigenvalue weighted by atomic mass is 16.5. The van der Waals surface area contributed by atoms with Crippen LogP contribution < -0.4 is 20.1 Å². The first-order valence-electron chi connectivity index (χ1n) is 10.4. The lowest BCUT2D eigenvalue weighted by molar-refractivity contribution is -0.126. The molecule has 1 unspecified atom stereocenters. The van der Waals surface area contributed by atoms with E-state index in [1.54, 1.807) is 0 Å². The summed E-state index contributed by atoms with van der Waals surface area (Å²) in [5.41, 5.74) is 1.84. The summed E-state index contributed by atoms with van der Waals surface area (Å²) < 4.78 is 11.3. The lowest BCUT2D eigenvalue weighted by Crippen LogP contribution is -2.40. The topological polar surface area (TPSA) is 76.7 Å². The molecule has 0 fully saturated rings. The second kappa shape index (κ2) is 11.9. The predicted octanol–water partition coefficient (Wildman–Crippen LogP) is 3.66. The van der Waals surface area contributed by atoms with Gasteiger partial charge in [0.25, 0.3) is 0 Å². The zero-order chi connectivity index (χ0) is 21.9. The van der Waals surface area contributed by atoms with Gasteiger partial charge in [-0.1, -0.05) is 50.2 Å². The number of hydrogen-bond donors (Lipinski definition) is 2. The van der Waals surface area contributed by atoms with Crippen LogP contribution >= 0.6 is 0 Å². The summed E-state index contributed by atoms with van der Waals surface area (Å²) in [7, 11) is 0. The number of ether oxygens (including phenoxy) is 2. The van der Waals surface area contributed by atoms with Gasteiger partial charge in [0.15, 0.2) is 11.5 Å². The highest BCUT2D eigenvalue weighted by Gasteiger charge is 2.20. The van der Waals surface area contributed by atoms with Gasteiger partial charge < -0.3 is 20.1 Å². The largest absolute Gasteiger partial charge is 0.490 e. The van der Waals surface area contributed by atoms with E-state index in [2.05, 4.69) is 10.6 Å². The fourth-order valence-corrected chi connectivity index (χ4v) is 3.14. The van der Waals surface area contributed by atoms with E-state index in [1.165, 1.54) is 0 Å². The molecule has 0 spiro atoms. The fourth-order valence-electron chi connectivity index (χ4n) is 3.14. The van der Waals surface area contributed by atoms with Crippen molar-refractivity contribution in [2.75, 3.05) is 19.8 Å². The fraction of sp³-hybridized carbons (Fsp3) is 0.417. The van der Waals surface area contributed by atoms with E-state index < -0.39 is 0 Å². The molecule has 1 atom stereocenters. The van der Waals surface area contributed by atoms with Crippen molar-refractivity contribution < 1.29 is 19.1 Å². The van der Waals surface area contributed by atoms with Crippen LogP contribution in [0.15, 0.2) is 48.5 Å². The van der Waals surface area contributed by atoms with Crippen molar-refractivity contribution >= 4 is 11.8 Å². The Morgan fingerprint density at radius 1 is 0.900 bits per heavy atom. The third-order valence-corrected chi connectivity index (χ3v) is 4.56. The number of hydrogen-bond acceptors (Lipinski definition) is 4. The minimum absolute atomic E-state index is 0.0652. The molecule has 0 aliphatic carbocycles. The summed E-state index contributed by atoms with van der Waals surface area (Å²) in [6.45, 7) is 8.92. The highest BCUT2D eigenvalue weighted by Crippen LogP contribution is 2.32. The molecule has 2 N–H and O–H groups in total. The maximum Gasteiger partial charge on any atom is 0.239 e. The van der Waals surface area contributed by atoms with Crippen LogP contribution in [-0.2, 0) is 16.0 Å². The predicted molar refractivity (Wildman–Crippen MR) is 118 cm³/mol. The number of carbonyl (C=O) groups is 2. The Hall–Kier alpha value is -3.02. The second-order valence-corrected chi connectivity index (χ2v) is 7.30.